The predicted octanol–water partition coefficient (Wildman–Crippen LogP) is 2.86. The molecule has 0 radical (unpaired) electrons. The summed E-state index contributed by atoms with van der Waals surface area (Å²) in [6, 6.07) is 14.8. The van der Waals surface area contributed by atoms with Crippen LogP contribution in [0.4, 0.5) is 0 Å². The second-order valence-corrected chi connectivity index (χ2v) is 9.06. The maximum atomic E-state index is 13.0. The van der Waals surface area contributed by atoms with Crippen LogP contribution in [0.3, 0.4) is 0 Å². The Hall–Kier alpha value is -2.90. The molecular weight excluding hydrogens is 440 g/mol. The van der Waals surface area contributed by atoms with E-state index in [2.05, 4.69) is 17.1 Å². The van der Waals surface area contributed by atoms with Crippen LogP contribution in [0.25, 0.3) is 11.0 Å². The molecule has 3 aromatic rings. The number of fused-ring (bicyclic) bond motifs is 1. The normalized spacial score (nSPS) is 16.7. The third-order valence-corrected chi connectivity index (χ3v) is 6.61. The lowest BCUT2D eigenvalue weighted by Gasteiger charge is -2.33. The molecule has 0 aliphatic carbocycles. The quantitative estimate of drug-likeness (QED) is 0.541. The highest BCUT2D eigenvalue weighted by molar-refractivity contribution is 6.30. The monoisotopic (exact) mass is 468 g/mol. The first kappa shape index (κ1) is 23.3. The van der Waals surface area contributed by atoms with Gasteiger partial charge in [-0.1, -0.05) is 42.3 Å². The third kappa shape index (κ3) is 5.37. The van der Waals surface area contributed by atoms with Gasteiger partial charge in [-0.2, -0.15) is 0 Å². The van der Waals surface area contributed by atoms with Gasteiger partial charge in [0, 0.05) is 24.2 Å². The summed E-state index contributed by atoms with van der Waals surface area (Å²) >= 11 is 5.96. The second-order valence-electron chi connectivity index (χ2n) is 8.63. The Balaban J connectivity index is 1.54. The summed E-state index contributed by atoms with van der Waals surface area (Å²) < 4.78 is 2.72. The minimum Gasteiger partial charge on any atom is -0.353 e. The lowest BCUT2D eigenvalue weighted by Crippen LogP contribution is -2.45. The number of para-hydroxylation sites is 2. The van der Waals surface area contributed by atoms with E-state index >= 15 is 0 Å². The SMILES string of the molecule is CC1CCCCN1CCNC(=O)Cn1c(=O)c(=O)n(Cc2ccc(Cl)cc2)c2ccccc21. The van der Waals surface area contributed by atoms with E-state index in [1.54, 1.807) is 30.3 Å². The standard InChI is InChI=1S/C25H29ClN4O3/c1-18-6-4-5-14-28(18)15-13-27-23(31)17-30-22-8-3-2-7-21(22)29(24(32)25(30)33)16-19-9-11-20(26)12-10-19/h2-3,7-12,18H,4-6,13-17H2,1H3,(H,27,31). The molecule has 1 aliphatic heterocycles. The van der Waals surface area contributed by atoms with Gasteiger partial charge in [0.1, 0.15) is 6.54 Å². The zero-order chi connectivity index (χ0) is 23.4. The molecule has 0 bridgehead atoms. The van der Waals surface area contributed by atoms with Gasteiger partial charge in [-0.3, -0.25) is 28.4 Å². The molecular formula is C25H29ClN4O3. The number of nitrogens with one attached hydrogen (secondary N) is 1. The van der Waals surface area contributed by atoms with Crippen molar-refractivity contribution in [2.75, 3.05) is 19.6 Å². The molecule has 1 aromatic heterocycles. The number of hydrogen-bond donors (Lipinski definition) is 1. The maximum Gasteiger partial charge on any atom is 0.317 e. The molecule has 4 rings (SSSR count). The van der Waals surface area contributed by atoms with Gasteiger partial charge < -0.3 is 5.32 Å². The van der Waals surface area contributed by atoms with Crippen LogP contribution in [0, 0.1) is 0 Å². The number of carbonyl (C=O) groups excluding carboxylic acids is 1. The first-order valence-electron chi connectivity index (χ1n) is 11.4. The Bertz CT molecular complexity index is 1250. The number of nitrogens with zero attached hydrogens (tertiary/aromatic N) is 3. The highest BCUT2D eigenvalue weighted by atomic mass is 35.5. The molecule has 1 unspecified atom stereocenters. The molecule has 1 saturated heterocycles. The number of likely N-dealkylation sites (tertiary alicyclic amines) is 1. The number of rotatable bonds is 7. The van der Waals surface area contributed by atoms with Gasteiger partial charge in [0.2, 0.25) is 5.91 Å². The summed E-state index contributed by atoms with van der Waals surface area (Å²) in [7, 11) is 0. The van der Waals surface area contributed by atoms with Crippen molar-refractivity contribution in [1.82, 2.24) is 19.4 Å². The van der Waals surface area contributed by atoms with Crippen LogP contribution in [-0.4, -0.2) is 45.6 Å². The van der Waals surface area contributed by atoms with E-state index in [1.807, 2.05) is 18.2 Å². The highest BCUT2D eigenvalue weighted by Crippen LogP contribution is 2.16. The van der Waals surface area contributed by atoms with E-state index in [-0.39, 0.29) is 19.0 Å². The van der Waals surface area contributed by atoms with Gasteiger partial charge in [-0.05, 0) is 56.1 Å². The fourth-order valence-corrected chi connectivity index (χ4v) is 4.61. The number of benzene rings is 2. The molecule has 2 heterocycles. The Morgan fingerprint density at radius 1 is 1.00 bits per heavy atom. The highest BCUT2D eigenvalue weighted by Gasteiger charge is 2.19. The zero-order valence-electron chi connectivity index (χ0n) is 18.8. The second kappa shape index (κ2) is 10.4. The summed E-state index contributed by atoms with van der Waals surface area (Å²) in [5, 5.41) is 3.51. The van der Waals surface area contributed by atoms with E-state index in [0.29, 0.717) is 28.6 Å². The molecule has 1 atom stereocenters. The van der Waals surface area contributed by atoms with Crippen LogP contribution in [0.15, 0.2) is 58.1 Å². The van der Waals surface area contributed by atoms with Crippen LogP contribution in [0.5, 0.6) is 0 Å². The predicted molar refractivity (Wildman–Crippen MR) is 131 cm³/mol. The van der Waals surface area contributed by atoms with Crippen molar-refractivity contribution in [3.05, 3.63) is 79.8 Å². The summed E-state index contributed by atoms with van der Waals surface area (Å²) in [6.07, 6.45) is 3.62. The first-order chi connectivity index (χ1) is 15.9. The summed E-state index contributed by atoms with van der Waals surface area (Å²) in [5.41, 5.74) is 0.650. The van der Waals surface area contributed by atoms with Gasteiger partial charge in [-0.15, -0.1) is 0 Å². The van der Waals surface area contributed by atoms with E-state index in [4.69, 9.17) is 11.6 Å². The number of halogens is 1. The molecule has 1 amide bonds. The minimum absolute atomic E-state index is 0.189. The Morgan fingerprint density at radius 2 is 1.67 bits per heavy atom. The van der Waals surface area contributed by atoms with Crippen LogP contribution in [0.2, 0.25) is 5.02 Å². The maximum absolute atomic E-state index is 13.0. The van der Waals surface area contributed by atoms with E-state index < -0.39 is 11.1 Å². The number of aromatic nitrogens is 2. The number of carbonyl (C=O) groups is 1. The fourth-order valence-electron chi connectivity index (χ4n) is 4.48. The summed E-state index contributed by atoms with van der Waals surface area (Å²) in [5.74, 6) is -0.276. The average molecular weight is 469 g/mol. The van der Waals surface area contributed by atoms with Gasteiger partial charge in [0.25, 0.3) is 0 Å². The van der Waals surface area contributed by atoms with Crippen molar-refractivity contribution in [2.45, 2.75) is 45.3 Å². The van der Waals surface area contributed by atoms with Crippen molar-refractivity contribution < 1.29 is 4.79 Å². The molecule has 1 fully saturated rings. The van der Waals surface area contributed by atoms with E-state index in [0.717, 1.165) is 18.7 Å². The van der Waals surface area contributed by atoms with Crippen molar-refractivity contribution in [3.63, 3.8) is 0 Å². The van der Waals surface area contributed by atoms with Gasteiger partial charge >= 0.3 is 11.1 Å². The Kier molecular flexibility index (Phi) is 7.30. The number of hydrogen-bond acceptors (Lipinski definition) is 4. The molecule has 8 heteroatoms. The first-order valence-corrected chi connectivity index (χ1v) is 11.8. The van der Waals surface area contributed by atoms with Gasteiger partial charge in [0.05, 0.1) is 17.6 Å². The van der Waals surface area contributed by atoms with Crippen molar-refractivity contribution in [3.8, 4) is 0 Å². The van der Waals surface area contributed by atoms with E-state index in [9.17, 15) is 14.4 Å². The largest absolute Gasteiger partial charge is 0.353 e. The fraction of sp³-hybridized carbons (Fsp3) is 0.400. The Labute approximate surface area is 197 Å². The van der Waals surface area contributed by atoms with Crippen LogP contribution >= 0.6 is 11.6 Å². The smallest absolute Gasteiger partial charge is 0.317 e. The summed E-state index contributed by atoms with van der Waals surface area (Å²) in [6.45, 7) is 4.62. The lowest BCUT2D eigenvalue weighted by molar-refractivity contribution is -0.121. The van der Waals surface area contributed by atoms with Gasteiger partial charge in [-0.25, -0.2) is 0 Å². The minimum atomic E-state index is -0.706. The van der Waals surface area contributed by atoms with Crippen LogP contribution in [-0.2, 0) is 17.9 Å². The summed E-state index contributed by atoms with van der Waals surface area (Å²) in [4.78, 5) is 41.0. The molecule has 2 aromatic carbocycles. The molecule has 1 N–H and O–H groups in total. The zero-order valence-corrected chi connectivity index (χ0v) is 19.6. The average Bonchev–Trinajstić information content (AvgIpc) is 2.82. The Morgan fingerprint density at radius 3 is 2.36 bits per heavy atom. The molecule has 7 nitrogen and oxygen atoms in total. The van der Waals surface area contributed by atoms with Crippen molar-refractivity contribution >= 4 is 28.5 Å². The van der Waals surface area contributed by atoms with Gasteiger partial charge in [0.15, 0.2) is 0 Å². The van der Waals surface area contributed by atoms with Crippen LogP contribution < -0.4 is 16.4 Å². The topological polar surface area (TPSA) is 76.3 Å². The van der Waals surface area contributed by atoms with E-state index in [1.165, 1.54) is 28.4 Å². The van der Waals surface area contributed by atoms with Crippen molar-refractivity contribution in [1.29, 1.82) is 0 Å². The van der Waals surface area contributed by atoms with Crippen LogP contribution in [0.1, 0.15) is 31.7 Å². The molecule has 0 saturated carbocycles. The molecule has 1 aliphatic rings. The number of piperidine rings is 1. The number of amides is 1. The van der Waals surface area contributed by atoms with Crippen molar-refractivity contribution in [2.24, 2.45) is 0 Å². The molecule has 33 heavy (non-hydrogen) atoms. The molecule has 0 spiro atoms. The lowest BCUT2D eigenvalue weighted by atomic mass is 10.0. The molecule has 174 valence electrons. The third-order valence-electron chi connectivity index (χ3n) is 6.35.